The zero-order valence-corrected chi connectivity index (χ0v) is 30.0. The molecule has 1 aliphatic heterocycles. The summed E-state index contributed by atoms with van der Waals surface area (Å²) in [4.78, 5) is 14.0. The monoisotopic (exact) mass is 600 g/mol. The van der Waals surface area contributed by atoms with Crippen molar-refractivity contribution in [3.8, 4) is 0 Å². The van der Waals surface area contributed by atoms with Crippen LogP contribution in [0.2, 0.25) is 36.3 Å². The molecule has 0 aromatic rings. The van der Waals surface area contributed by atoms with E-state index >= 15 is 0 Å². The maximum absolute atomic E-state index is 14.0. The lowest BCUT2D eigenvalue weighted by molar-refractivity contribution is -0.164. The van der Waals surface area contributed by atoms with Gasteiger partial charge in [-0.15, -0.1) is 0 Å². The molecule has 0 radical (unpaired) electrons. The molecule has 5 rings (SSSR count). The molecule has 2 saturated carbocycles. The number of hydrogen-bond donors (Lipinski definition) is 1. The molecule has 41 heavy (non-hydrogen) atoms. The number of allylic oxidation sites excluding steroid dienone is 3. The molecule has 5 nitrogen and oxygen atoms in total. The standard InChI is InChI=1S/C34H56O5Si2/c1-22-18-26-25-15-14-23-19-24(39-41(12,13)30(5,6)7)16-17-31(23,8)34(25)28(38-34)20-32(26,9)33(22,36)27(35)21-37-40(10,11)29(2,3)4/h14,16-17,19,22,25-26,28,36H,15,18,20-21H2,1-13H3/t22-,25+,26+,28+,31+,32+,33+,34-/m1/s1. The highest BCUT2D eigenvalue weighted by Crippen LogP contribution is 2.76. The first-order chi connectivity index (χ1) is 18.5. The molecule has 0 bridgehead atoms. The van der Waals surface area contributed by atoms with Gasteiger partial charge in [0.05, 0.1) is 12.7 Å². The molecule has 4 aliphatic carbocycles. The number of carbonyl (C=O) groups excluding carboxylic acids is 1. The van der Waals surface area contributed by atoms with Crippen LogP contribution in [0.5, 0.6) is 0 Å². The summed E-state index contributed by atoms with van der Waals surface area (Å²) < 4.78 is 19.9. The summed E-state index contributed by atoms with van der Waals surface area (Å²) in [5.41, 5.74) is -1.20. The molecular weight excluding hydrogens is 545 g/mol. The maximum Gasteiger partial charge on any atom is 0.250 e. The number of aliphatic hydroxyl groups is 1. The van der Waals surface area contributed by atoms with E-state index in [2.05, 4.69) is 113 Å². The number of rotatable bonds is 6. The third-order valence-electron chi connectivity index (χ3n) is 13.3. The highest BCUT2D eigenvalue weighted by Gasteiger charge is 2.81. The Bertz CT molecular complexity index is 1220. The van der Waals surface area contributed by atoms with Gasteiger partial charge in [-0.25, -0.2) is 0 Å². The predicted molar refractivity (Wildman–Crippen MR) is 171 cm³/mol. The normalized spacial score (nSPS) is 41.9. The van der Waals surface area contributed by atoms with Crippen LogP contribution in [-0.4, -0.2) is 51.4 Å². The summed E-state index contributed by atoms with van der Waals surface area (Å²) in [6.45, 7) is 28.9. The Balaban J connectivity index is 1.42. The highest BCUT2D eigenvalue weighted by atomic mass is 28.4. The Morgan fingerprint density at radius 3 is 2.24 bits per heavy atom. The molecule has 8 atom stereocenters. The lowest BCUT2D eigenvalue weighted by Gasteiger charge is -2.54. The second-order valence-electron chi connectivity index (χ2n) is 17.4. The Labute approximate surface area is 251 Å². The van der Waals surface area contributed by atoms with Crippen LogP contribution in [0.4, 0.5) is 0 Å². The van der Waals surface area contributed by atoms with Crippen LogP contribution >= 0.6 is 0 Å². The fourth-order valence-electron chi connectivity index (χ4n) is 8.41. The second kappa shape index (κ2) is 9.03. The molecule has 1 saturated heterocycles. The topological polar surface area (TPSA) is 68.3 Å². The highest BCUT2D eigenvalue weighted by molar-refractivity contribution is 6.74. The SMILES string of the molecule is C[C@@H]1C[C@H]2[C@@H]3CC=C4C=C(O[Si](C)(C)C(C)(C)C)C=C[C@]4(C)[C@@]34O[C@H]4C[C@]2(C)[C@@]1(O)C(=O)CO[Si](C)(C)C(C)(C)C. The van der Waals surface area contributed by atoms with Gasteiger partial charge in [0.2, 0.25) is 8.32 Å². The van der Waals surface area contributed by atoms with Gasteiger partial charge in [-0.05, 0) is 97.9 Å². The van der Waals surface area contributed by atoms with Gasteiger partial charge in [-0.1, -0.05) is 67.5 Å². The first kappa shape index (κ1) is 31.4. The Hall–Kier alpha value is -0.996. The fraction of sp³-hybridized carbons (Fsp3) is 0.794. The maximum atomic E-state index is 14.0. The van der Waals surface area contributed by atoms with Crippen molar-refractivity contribution in [3.63, 3.8) is 0 Å². The van der Waals surface area contributed by atoms with Crippen LogP contribution in [0.15, 0.2) is 35.6 Å². The van der Waals surface area contributed by atoms with Crippen molar-refractivity contribution >= 4 is 22.4 Å². The summed E-state index contributed by atoms with van der Waals surface area (Å²) in [6.07, 6.45) is 11.6. The Kier molecular flexibility index (Phi) is 6.92. The largest absolute Gasteiger partial charge is 0.544 e. The van der Waals surface area contributed by atoms with Gasteiger partial charge >= 0.3 is 0 Å². The molecule has 0 amide bonds. The molecule has 230 valence electrons. The van der Waals surface area contributed by atoms with Gasteiger partial charge in [0.1, 0.15) is 17.0 Å². The predicted octanol–water partition coefficient (Wildman–Crippen LogP) is 7.94. The molecule has 0 aromatic heterocycles. The van der Waals surface area contributed by atoms with Crippen LogP contribution in [-0.2, 0) is 18.4 Å². The molecule has 5 aliphatic rings. The van der Waals surface area contributed by atoms with E-state index in [-0.39, 0.29) is 57.3 Å². The average molecular weight is 601 g/mol. The minimum Gasteiger partial charge on any atom is -0.544 e. The van der Waals surface area contributed by atoms with Crippen molar-refractivity contribution in [1.29, 1.82) is 0 Å². The van der Waals surface area contributed by atoms with E-state index in [9.17, 15) is 9.90 Å². The zero-order chi connectivity index (χ0) is 30.8. The van der Waals surface area contributed by atoms with E-state index in [1.165, 1.54) is 5.57 Å². The molecule has 1 N–H and O–H groups in total. The number of ether oxygens (including phenoxy) is 1. The smallest absolute Gasteiger partial charge is 0.250 e. The van der Waals surface area contributed by atoms with Gasteiger partial charge in [0.15, 0.2) is 14.1 Å². The number of fused-ring (bicyclic) bond motifs is 3. The minimum absolute atomic E-state index is 0.00667. The zero-order valence-electron chi connectivity index (χ0n) is 28.0. The Morgan fingerprint density at radius 2 is 1.66 bits per heavy atom. The summed E-state index contributed by atoms with van der Waals surface area (Å²) in [5.74, 6) is 1.16. The molecule has 3 fully saturated rings. The number of carbonyl (C=O) groups is 1. The van der Waals surface area contributed by atoms with Crippen LogP contribution in [0.1, 0.15) is 81.6 Å². The lowest BCUT2D eigenvalue weighted by Crippen LogP contribution is -2.62. The first-order valence-corrected chi connectivity index (χ1v) is 21.7. The van der Waals surface area contributed by atoms with E-state index in [0.717, 1.165) is 18.6 Å². The molecule has 7 heteroatoms. The fourth-order valence-corrected chi connectivity index (χ4v) is 10.4. The number of ketones is 1. The van der Waals surface area contributed by atoms with E-state index < -0.39 is 27.7 Å². The van der Waals surface area contributed by atoms with Crippen molar-refractivity contribution in [1.82, 2.24) is 0 Å². The van der Waals surface area contributed by atoms with Crippen LogP contribution in [0.25, 0.3) is 0 Å². The third kappa shape index (κ3) is 4.18. The molecule has 1 heterocycles. The summed E-state index contributed by atoms with van der Waals surface area (Å²) >= 11 is 0. The van der Waals surface area contributed by atoms with Gasteiger partial charge in [0, 0.05) is 10.8 Å². The lowest BCUT2D eigenvalue weighted by atomic mass is 9.48. The van der Waals surface area contributed by atoms with E-state index in [4.69, 9.17) is 13.6 Å². The number of epoxide rings is 1. The molecular formula is C34H56O5Si2. The average Bonchev–Trinajstić information content (AvgIpc) is 3.51. The quantitative estimate of drug-likeness (QED) is 0.248. The van der Waals surface area contributed by atoms with Crippen LogP contribution in [0.3, 0.4) is 0 Å². The number of Topliss-reactive ketones (excluding diaryl/α,β-unsaturated/α-hetero) is 1. The van der Waals surface area contributed by atoms with Crippen LogP contribution < -0.4 is 0 Å². The number of hydrogen-bond acceptors (Lipinski definition) is 5. The van der Waals surface area contributed by atoms with Crippen molar-refractivity contribution in [2.75, 3.05) is 6.61 Å². The second-order valence-corrected chi connectivity index (χ2v) is 27.0. The van der Waals surface area contributed by atoms with E-state index in [1.807, 2.05) is 0 Å². The van der Waals surface area contributed by atoms with Gasteiger partial charge in [-0.2, -0.15) is 0 Å². The van der Waals surface area contributed by atoms with Gasteiger partial charge in [0.25, 0.3) is 0 Å². The summed E-state index contributed by atoms with van der Waals surface area (Å²) in [6, 6.07) is 0. The Morgan fingerprint density at radius 1 is 1.05 bits per heavy atom. The molecule has 0 unspecified atom stereocenters. The van der Waals surface area contributed by atoms with Crippen molar-refractivity contribution in [2.24, 2.45) is 28.6 Å². The third-order valence-corrected chi connectivity index (χ3v) is 22.1. The van der Waals surface area contributed by atoms with Gasteiger partial charge in [-0.3, -0.25) is 4.79 Å². The van der Waals surface area contributed by atoms with Gasteiger partial charge < -0.3 is 18.7 Å². The summed E-state index contributed by atoms with van der Waals surface area (Å²) in [7, 11) is -4.08. The molecule has 1 spiro atoms. The van der Waals surface area contributed by atoms with Crippen LogP contribution in [0, 0.1) is 28.6 Å². The van der Waals surface area contributed by atoms with E-state index in [1.54, 1.807) is 0 Å². The van der Waals surface area contributed by atoms with E-state index in [0.29, 0.717) is 6.42 Å². The minimum atomic E-state index is -2.12. The summed E-state index contributed by atoms with van der Waals surface area (Å²) in [5, 5.41) is 12.5. The first-order valence-electron chi connectivity index (χ1n) is 15.9. The molecule has 0 aromatic carbocycles. The van der Waals surface area contributed by atoms with Crippen molar-refractivity contribution in [2.45, 2.75) is 135 Å². The van der Waals surface area contributed by atoms with Crippen molar-refractivity contribution in [3.05, 3.63) is 35.6 Å². The van der Waals surface area contributed by atoms with Crippen molar-refractivity contribution < 1.29 is 23.5 Å².